The van der Waals surface area contributed by atoms with E-state index in [0.29, 0.717) is 11.3 Å². The Morgan fingerprint density at radius 1 is 0.837 bits per heavy atom. The summed E-state index contributed by atoms with van der Waals surface area (Å²) in [6.45, 7) is 0. The molecule has 43 heavy (non-hydrogen) atoms. The molecule has 0 aliphatic rings. The van der Waals surface area contributed by atoms with E-state index in [1.165, 1.54) is 12.1 Å². The lowest BCUT2D eigenvalue weighted by Gasteiger charge is -2.13. The van der Waals surface area contributed by atoms with Gasteiger partial charge in [0.15, 0.2) is 0 Å². The van der Waals surface area contributed by atoms with Crippen molar-refractivity contribution in [2.24, 2.45) is 5.73 Å². The maximum atomic E-state index is 13.1. The van der Waals surface area contributed by atoms with Crippen molar-refractivity contribution in [3.63, 3.8) is 0 Å². The predicted octanol–water partition coefficient (Wildman–Crippen LogP) is 5.70. The van der Waals surface area contributed by atoms with Gasteiger partial charge in [-0.3, -0.25) is 10.1 Å². The van der Waals surface area contributed by atoms with E-state index in [4.69, 9.17) is 25.8 Å². The maximum absolute atomic E-state index is 13.1. The first-order valence-corrected chi connectivity index (χ1v) is 13.2. The van der Waals surface area contributed by atoms with Gasteiger partial charge in [-0.25, -0.2) is 22.4 Å². The minimum Gasteiger partial charge on any atom is -0.478 e. The van der Waals surface area contributed by atoms with E-state index >= 15 is 0 Å². The second-order valence-electron chi connectivity index (χ2n) is 8.50. The first-order valence-electron chi connectivity index (χ1n) is 11.8. The number of halogens is 4. The molecule has 224 valence electrons. The number of carboxylic acids is 2. The molecule has 0 radical (unpaired) electrons. The molecular formula is C28H21F4N3O7S. The molecule has 0 saturated carbocycles. The molecule has 10 nitrogen and oxygen atoms in total. The highest BCUT2D eigenvalue weighted by atomic mass is 32.2. The number of nitrogen functional groups attached to an aromatic ring is 1. The quantitative estimate of drug-likeness (QED) is 0.0946. The van der Waals surface area contributed by atoms with Crippen molar-refractivity contribution >= 4 is 33.5 Å². The van der Waals surface area contributed by atoms with Crippen LogP contribution in [0.1, 0.15) is 15.9 Å². The zero-order valence-corrected chi connectivity index (χ0v) is 22.4. The van der Waals surface area contributed by atoms with Crippen LogP contribution in [-0.2, 0) is 14.8 Å². The van der Waals surface area contributed by atoms with Crippen molar-refractivity contribution in [2.45, 2.75) is 11.1 Å². The molecule has 0 fully saturated rings. The Kier molecular flexibility index (Phi) is 9.72. The topological polar surface area (TPSA) is 180 Å². The van der Waals surface area contributed by atoms with Crippen molar-refractivity contribution in [3.05, 3.63) is 108 Å². The molecule has 0 aliphatic heterocycles. The Labute approximate surface area is 241 Å². The Morgan fingerprint density at radius 2 is 1.35 bits per heavy atom. The van der Waals surface area contributed by atoms with Gasteiger partial charge < -0.3 is 20.7 Å². The van der Waals surface area contributed by atoms with E-state index in [-0.39, 0.29) is 27.7 Å². The van der Waals surface area contributed by atoms with Crippen LogP contribution >= 0.6 is 0 Å². The number of amidine groups is 1. The Hall–Kier alpha value is -5.44. The Balaban J connectivity index is 0.000000646. The molecule has 6 N–H and O–H groups in total. The lowest BCUT2D eigenvalue weighted by atomic mass is 10.0. The van der Waals surface area contributed by atoms with Crippen molar-refractivity contribution in [1.29, 1.82) is 5.41 Å². The van der Waals surface area contributed by atoms with E-state index < -0.39 is 34.0 Å². The third kappa shape index (κ3) is 8.77. The highest BCUT2D eigenvalue weighted by molar-refractivity contribution is 7.92. The van der Waals surface area contributed by atoms with Gasteiger partial charge in [0, 0.05) is 11.3 Å². The second kappa shape index (κ2) is 13.0. The van der Waals surface area contributed by atoms with Crippen molar-refractivity contribution in [2.75, 3.05) is 4.72 Å². The standard InChI is InChI=1S/C26H20FN3O5S.C2HF3O2/c27-19-7-12-22(13-8-19)36(33,34)30-20-9-14-24(23(15-20)26(31)32)35-21-10-5-17(6-11-21)16-1-3-18(4-2-16)25(28)29;3-2(4,5)1(6)7/h1-15,30H,(H3,28,29)(H,31,32);(H,6,7). The summed E-state index contributed by atoms with van der Waals surface area (Å²) in [7, 11) is -4.05. The molecule has 4 aromatic carbocycles. The highest BCUT2D eigenvalue weighted by Crippen LogP contribution is 2.31. The van der Waals surface area contributed by atoms with E-state index in [0.717, 1.165) is 41.5 Å². The van der Waals surface area contributed by atoms with Crippen LogP contribution in [-0.4, -0.2) is 42.6 Å². The number of nitrogens with one attached hydrogen (secondary N) is 2. The summed E-state index contributed by atoms with van der Waals surface area (Å²) in [4.78, 5) is 20.6. The summed E-state index contributed by atoms with van der Waals surface area (Å²) in [5.74, 6) is -4.27. The zero-order valence-electron chi connectivity index (χ0n) is 21.6. The van der Waals surface area contributed by atoms with Crippen LogP contribution < -0.4 is 15.2 Å². The van der Waals surface area contributed by atoms with Gasteiger partial charge >= 0.3 is 18.1 Å². The molecule has 0 heterocycles. The van der Waals surface area contributed by atoms with E-state index in [2.05, 4.69) is 4.72 Å². The molecule has 0 amide bonds. The number of aliphatic carboxylic acids is 1. The largest absolute Gasteiger partial charge is 0.490 e. The number of benzene rings is 4. The molecule has 4 aromatic rings. The molecule has 0 atom stereocenters. The Bertz CT molecular complexity index is 1740. The van der Waals surface area contributed by atoms with Crippen LogP contribution in [0.2, 0.25) is 0 Å². The predicted molar refractivity (Wildman–Crippen MR) is 147 cm³/mol. The number of aromatic carboxylic acids is 1. The van der Waals surface area contributed by atoms with E-state index in [1.54, 1.807) is 36.4 Å². The number of carboxylic acid groups (broad SMARTS) is 2. The lowest BCUT2D eigenvalue weighted by Crippen LogP contribution is -2.21. The molecule has 4 rings (SSSR count). The number of hydrogen-bond acceptors (Lipinski definition) is 6. The Morgan fingerprint density at radius 3 is 1.81 bits per heavy atom. The SMILES string of the molecule is N=C(N)c1ccc(-c2ccc(Oc3ccc(NS(=O)(=O)c4ccc(F)cc4)cc3C(=O)O)cc2)cc1.O=C(O)C(F)(F)F. The molecule has 15 heteroatoms. The van der Waals surface area contributed by atoms with Gasteiger partial charge in [0.05, 0.1) is 4.90 Å². The van der Waals surface area contributed by atoms with Crippen LogP contribution in [0.3, 0.4) is 0 Å². The normalized spacial score (nSPS) is 11.1. The van der Waals surface area contributed by atoms with Crippen LogP contribution in [0.5, 0.6) is 11.5 Å². The van der Waals surface area contributed by atoms with Crippen LogP contribution in [0.25, 0.3) is 11.1 Å². The second-order valence-corrected chi connectivity index (χ2v) is 10.2. The number of carbonyl (C=O) groups is 2. The van der Waals surface area contributed by atoms with Crippen LogP contribution in [0.4, 0.5) is 23.2 Å². The fourth-order valence-electron chi connectivity index (χ4n) is 3.36. The highest BCUT2D eigenvalue weighted by Gasteiger charge is 2.38. The lowest BCUT2D eigenvalue weighted by molar-refractivity contribution is -0.192. The van der Waals surface area contributed by atoms with E-state index in [9.17, 15) is 35.9 Å². The summed E-state index contributed by atoms with van der Waals surface area (Å²) < 4.78 is 78.0. The van der Waals surface area contributed by atoms with Gasteiger partial charge in [0.2, 0.25) is 0 Å². The molecular weight excluding hydrogens is 598 g/mol. The van der Waals surface area contributed by atoms with Gasteiger partial charge in [-0.1, -0.05) is 36.4 Å². The number of sulfonamides is 1. The minimum absolute atomic E-state index is 0.00781. The minimum atomic E-state index is -5.08. The molecule has 0 spiro atoms. The summed E-state index contributed by atoms with van der Waals surface area (Å²) in [6, 6.07) is 22.2. The third-order valence-corrected chi connectivity index (χ3v) is 6.84. The molecule has 0 saturated heterocycles. The number of rotatable bonds is 8. The van der Waals surface area contributed by atoms with Gasteiger partial charge in [-0.15, -0.1) is 0 Å². The average molecular weight is 620 g/mol. The van der Waals surface area contributed by atoms with Gasteiger partial charge in [-0.2, -0.15) is 13.2 Å². The monoisotopic (exact) mass is 619 g/mol. The smallest absolute Gasteiger partial charge is 0.478 e. The van der Waals surface area contributed by atoms with E-state index in [1.807, 2.05) is 12.1 Å². The van der Waals surface area contributed by atoms with Crippen molar-refractivity contribution in [1.82, 2.24) is 0 Å². The number of hydrogen-bond donors (Lipinski definition) is 5. The first kappa shape index (κ1) is 32.1. The maximum Gasteiger partial charge on any atom is 0.490 e. The van der Waals surface area contributed by atoms with Crippen LogP contribution in [0, 0.1) is 11.2 Å². The molecule has 0 unspecified atom stereocenters. The average Bonchev–Trinajstić information content (AvgIpc) is 2.94. The molecule has 0 bridgehead atoms. The molecule has 0 aliphatic carbocycles. The fourth-order valence-corrected chi connectivity index (χ4v) is 4.41. The van der Waals surface area contributed by atoms with Gasteiger partial charge in [0.1, 0.15) is 28.7 Å². The fraction of sp³-hybridized carbons (Fsp3) is 0.0357. The number of nitrogens with two attached hydrogens (primary N) is 1. The van der Waals surface area contributed by atoms with Gasteiger partial charge in [-0.05, 0) is 65.7 Å². The third-order valence-electron chi connectivity index (χ3n) is 5.44. The number of ether oxygens (including phenoxy) is 1. The number of alkyl halides is 3. The summed E-state index contributed by atoms with van der Waals surface area (Å²) in [5.41, 5.74) is 7.62. The number of anilines is 1. The van der Waals surface area contributed by atoms with Gasteiger partial charge in [0.25, 0.3) is 10.0 Å². The van der Waals surface area contributed by atoms with Crippen LogP contribution in [0.15, 0.2) is 95.9 Å². The first-order chi connectivity index (χ1) is 20.1. The van der Waals surface area contributed by atoms with Crippen molar-refractivity contribution in [3.8, 4) is 22.6 Å². The summed E-state index contributed by atoms with van der Waals surface area (Å²) in [6.07, 6.45) is -5.08. The zero-order chi connectivity index (χ0) is 31.9. The summed E-state index contributed by atoms with van der Waals surface area (Å²) in [5, 5.41) is 24.2. The van der Waals surface area contributed by atoms with Crippen molar-refractivity contribution < 1.29 is 50.5 Å². The molecule has 0 aromatic heterocycles. The summed E-state index contributed by atoms with van der Waals surface area (Å²) >= 11 is 0.